The van der Waals surface area contributed by atoms with E-state index in [9.17, 15) is 0 Å². The van der Waals surface area contributed by atoms with Gasteiger partial charge in [0, 0.05) is 5.92 Å². The van der Waals surface area contributed by atoms with Gasteiger partial charge in [-0.15, -0.1) is 0 Å². The lowest BCUT2D eigenvalue weighted by molar-refractivity contribution is 0.596. The second kappa shape index (κ2) is 5.34. The summed E-state index contributed by atoms with van der Waals surface area (Å²) in [4.78, 5) is 0. The van der Waals surface area contributed by atoms with Crippen LogP contribution in [0.25, 0.3) is 6.08 Å². The molecule has 86 valence electrons. The maximum absolute atomic E-state index is 2.36. The van der Waals surface area contributed by atoms with E-state index < -0.39 is 0 Å². The molecule has 0 fully saturated rings. The van der Waals surface area contributed by atoms with Gasteiger partial charge in [-0.2, -0.15) is 0 Å². The van der Waals surface area contributed by atoms with Crippen LogP contribution in [0, 0.1) is 0 Å². The molecule has 0 spiro atoms. The highest BCUT2D eigenvalue weighted by Gasteiger charge is 2.20. The Balaban J connectivity index is 1.98. The zero-order valence-corrected chi connectivity index (χ0v) is 10.5. The Kier molecular flexibility index (Phi) is 3.82. The molecule has 0 aromatic heterocycles. The quantitative estimate of drug-likeness (QED) is 0.594. The van der Waals surface area contributed by atoms with Crippen LogP contribution in [0.3, 0.4) is 0 Å². The summed E-state index contributed by atoms with van der Waals surface area (Å²) in [6.45, 7) is 4.56. The zero-order valence-electron chi connectivity index (χ0n) is 10.5. The van der Waals surface area contributed by atoms with Crippen LogP contribution in [-0.2, 0) is 0 Å². The van der Waals surface area contributed by atoms with Gasteiger partial charge in [0.15, 0.2) is 0 Å². The predicted molar refractivity (Wildman–Crippen MR) is 71.6 cm³/mol. The lowest BCUT2D eigenvalue weighted by atomic mass is 9.91. The molecule has 0 radical (unpaired) electrons. The molecular formula is C16H22. The van der Waals surface area contributed by atoms with Crippen molar-refractivity contribution in [2.24, 2.45) is 0 Å². The molecule has 0 heteroatoms. The lowest BCUT2D eigenvalue weighted by Crippen LogP contribution is -1.97. The predicted octanol–water partition coefficient (Wildman–Crippen LogP) is 5.16. The molecule has 0 amide bonds. The van der Waals surface area contributed by atoms with Gasteiger partial charge < -0.3 is 0 Å². The molecule has 1 aliphatic rings. The third kappa shape index (κ3) is 2.37. The number of hydrogen-bond donors (Lipinski definition) is 0. The van der Waals surface area contributed by atoms with Crippen molar-refractivity contribution < 1.29 is 0 Å². The number of fused-ring (bicyclic) bond motifs is 1. The lowest BCUT2D eigenvalue weighted by Gasteiger charge is -2.14. The Morgan fingerprint density at radius 3 is 2.69 bits per heavy atom. The Hall–Kier alpha value is -1.04. The fourth-order valence-electron chi connectivity index (χ4n) is 2.71. The molecule has 1 aromatic carbocycles. The van der Waals surface area contributed by atoms with Crippen LogP contribution in [0.15, 0.2) is 29.8 Å². The molecule has 0 N–H and O–H groups in total. The van der Waals surface area contributed by atoms with E-state index in [2.05, 4.69) is 44.2 Å². The van der Waals surface area contributed by atoms with Gasteiger partial charge in [0.25, 0.3) is 0 Å². The third-order valence-electron chi connectivity index (χ3n) is 3.65. The van der Waals surface area contributed by atoms with E-state index in [1.165, 1.54) is 37.7 Å². The molecule has 1 unspecified atom stereocenters. The Morgan fingerprint density at radius 1 is 1.06 bits per heavy atom. The number of rotatable bonds is 5. The molecule has 0 nitrogen and oxygen atoms in total. The van der Waals surface area contributed by atoms with E-state index in [4.69, 9.17) is 0 Å². The third-order valence-corrected chi connectivity index (χ3v) is 3.65. The van der Waals surface area contributed by atoms with Crippen molar-refractivity contribution >= 4 is 6.08 Å². The first-order valence-corrected chi connectivity index (χ1v) is 6.60. The Bertz CT molecular complexity index is 373. The largest absolute Gasteiger partial charge is 0.0654 e. The van der Waals surface area contributed by atoms with Crippen LogP contribution >= 0.6 is 0 Å². The molecule has 0 saturated heterocycles. The summed E-state index contributed by atoms with van der Waals surface area (Å²) in [5.41, 5.74) is 4.55. The molecule has 0 aliphatic heterocycles. The first kappa shape index (κ1) is 11.4. The SMILES string of the molecule is CCCCCCC1C(C)=Cc2ccccc21. The minimum Gasteiger partial charge on any atom is -0.0654 e. The molecular weight excluding hydrogens is 192 g/mol. The van der Waals surface area contributed by atoms with Gasteiger partial charge in [-0.3, -0.25) is 0 Å². The van der Waals surface area contributed by atoms with Crippen LogP contribution < -0.4 is 0 Å². The summed E-state index contributed by atoms with van der Waals surface area (Å²) >= 11 is 0. The van der Waals surface area contributed by atoms with Gasteiger partial charge in [0.1, 0.15) is 0 Å². The molecule has 1 aliphatic carbocycles. The molecule has 1 aromatic rings. The van der Waals surface area contributed by atoms with Crippen LogP contribution in [-0.4, -0.2) is 0 Å². The van der Waals surface area contributed by atoms with E-state index in [1.54, 1.807) is 11.1 Å². The normalized spacial score (nSPS) is 18.4. The molecule has 0 bridgehead atoms. The summed E-state index contributed by atoms with van der Waals surface area (Å²) in [6.07, 6.45) is 9.17. The maximum atomic E-state index is 2.36. The maximum Gasteiger partial charge on any atom is 0.00546 e. The number of benzene rings is 1. The van der Waals surface area contributed by atoms with Crippen LogP contribution in [0.5, 0.6) is 0 Å². The summed E-state index contributed by atoms with van der Waals surface area (Å²) in [6, 6.07) is 8.85. The van der Waals surface area contributed by atoms with Crippen molar-refractivity contribution in [1.82, 2.24) is 0 Å². The Morgan fingerprint density at radius 2 is 1.88 bits per heavy atom. The van der Waals surface area contributed by atoms with Crippen LogP contribution in [0.2, 0.25) is 0 Å². The van der Waals surface area contributed by atoms with Gasteiger partial charge in [0.2, 0.25) is 0 Å². The second-order valence-electron chi connectivity index (χ2n) is 4.92. The van der Waals surface area contributed by atoms with E-state index >= 15 is 0 Å². The standard InChI is InChI=1S/C16H22/c1-3-4-5-6-10-15-13(2)12-14-9-7-8-11-16(14)15/h7-9,11-12,15H,3-6,10H2,1-2H3. The summed E-state index contributed by atoms with van der Waals surface area (Å²) in [7, 11) is 0. The van der Waals surface area contributed by atoms with Gasteiger partial charge in [0.05, 0.1) is 0 Å². The summed E-state index contributed by atoms with van der Waals surface area (Å²) in [5, 5.41) is 0. The van der Waals surface area contributed by atoms with Crippen molar-refractivity contribution in [3.8, 4) is 0 Å². The first-order valence-electron chi connectivity index (χ1n) is 6.60. The molecule has 16 heavy (non-hydrogen) atoms. The van der Waals surface area contributed by atoms with Gasteiger partial charge in [-0.05, 0) is 24.5 Å². The van der Waals surface area contributed by atoms with E-state index in [0.29, 0.717) is 5.92 Å². The fraction of sp³-hybridized carbons (Fsp3) is 0.500. The molecule has 1 atom stereocenters. The highest BCUT2D eigenvalue weighted by atomic mass is 14.2. The summed E-state index contributed by atoms with van der Waals surface area (Å²) in [5.74, 6) is 0.702. The van der Waals surface area contributed by atoms with Crippen LogP contribution in [0.4, 0.5) is 0 Å². The monoisotopic (exact) mass is 214 g/mol. The number of allylic oxidation sites excluding steroid dienone is 1. The number of hydrogen-bond acceptors (Lipinski definition) is 0. The van der Waals surface area contributed by atoms with Gasteiger partial charge in [-0.25, -0.2) is 0 Å². The molecule has 0 heterocycles. The first-order chi connectivity index (χ1) is 7.83. The van der Waals surface area contributed by atoms with Crippen molar-refractivity contribution in [2.75, 3.05) is 0 Å². The van der Waals surface area contributed by atoms with E-state index in [0.717, 1.165) is 0 Å². The average Bonchev–Trinajstić information content (AvgIpc) is 2.61. The number of unbranched alkanes of at least 4 members (excludes halogenated alkanes) is 3. The highest BCUT2D eigenvalue weighted by Crippen LogP contribution is 2.39. The van der Waals surface area contributed by atoms with Gasteiger partial charge in [-0.1, -0.05) is 68.5 Å². The highest BCUT2D eigenvalue weighted by molar-refractivity contribution is 5.65. The second-order valence-corrected chi connectivity index (χ2v) is 4.92. The van der Waals surface area contributed by atoms with Crippen molar-refractivity contribution in [3.63, 3.8) is 0 Å². The van der Waals surface area contributed by atoms with Crippen molar-refractivity contribution in [3.05, 3.63) is 41.0 Å². The minimum atomic E-state index is 0.702. The van der Waals surface area contributed by atoms with Crippen molar-refractivity contribution in [2.45, 2.75) is 51.9 Å². The van der Waals surface area contributed by atoms with Gasteiger partial charge >= 0.3 is 0 Å². The topological polar surface area (TPSA) is 0 Å². The minimum absolute atomic E-state index is 0.702. The van der Waals surface area contributed by atoms with Crippen LogP contribution in [0.1, 0.15) is 63.0 Å². The molecule has 2 rings (SSSR count). The molecule has 0 saturated carbocycles. The fourth-order valence-corrected chi connectivity index (χ4v) is 2.71. The van der Waals surface area contributed by atoms with Crippen molar-refractivity contribution in [1.29, 1.82) is 0 Å². The van der Waals surface area contributed by atoms with E-state index in [1.807, 2.05) is 0 Å². The average molecular weight is 214 g/mol. The Labute approximate surface area is 99.4 Å². The smallest absolute Gasteiger partial charge is 0.00546 e. The van der Waals surface area contributed by atoms with E-state index in [-0.39, 0.29) is 0 Å². The summed E-state index contributed by atoms with van der Waals surface area (Å²) < 4.78 is 0. The zero-order chi connectivity index (χ0) is 11.4.